The van der Waals surface area contributed by atoms with E-state index in [-0.39, 0.29) is 11.5 Å². The topological polar surface area (TPSA) is 116 Å². The molecule has 0 saturated heterocycles. The maximum atomic E-state index is 11.5. The number of carbonyl (C=O) groups is 2. The fraction of sp³-hybridized carbons (Fsp3) is 0.444. The highest BCUT2D eigenvalue weighted by molar-refractivity contribution is 8.00. The van der Waals surface area contributed by atoms with Gasteiger partial charge in [0.05, 0.1) is 5.75 Å². The van der Waals surface area contributed by atoms with E-state index in [0.29, 0.717) is 10.5 Å². The normalized spacial score (nSPS) is 12.4. The highest BCUT2D eigenvalue weighted by Crippen LogP contribution is 2.04. The fourth-order valence-corrected chi connectivity index (χ4v) is 1.83. The summed E-state index contributed by atoms with van der Waals surface area (Å²) in [6.45, 7) is 1.55. The number of rotatable bonds is 5. The van der Waals surface area contributed by atoms with Crippen LogP contribution in [0, 0.1) is 6.92 Å². The zero-order chi connectivity index (χ0) is 13.0. The lowest BCUT2D eigenvalue weighted by atomic mass is 10.4. The minimum Gasteiger partial charge on any atom is -0.480 e. The smallest absolute Gasteiger partial charge is 0.321 e. The fourth-order valence-electron chi connectivity index (χ4n) is 1.02. The van der Waals surface area contributed by atoms with Crippen molar-refractivity contribution in [3.8, 4) is 0 Å². The number of carbonyl (C=O) groups excluding carboxylic acids is 1. The van der Waals surface area contributed by atoms with Gasteiger partial charge in [0, 0.05) is 11.8 Å². The molecular weight excluding hydrogens is 248 g/mol. The minimum absolute atomic E-state index is 0.0617. The van der Waals surface area contributed by atoms with Gasteiger partial charge >= 0.3 is 5.97 Å². The molecule has 0 radical (unpaired) electrons. The minimum atomic E-state index is -1.13. The first kappa shape index (κ1) is 13.5. The number of hydrogen-bond acceptors (Lipinski definition) is 6. The van der Waals surface area contributed by atoms with Gasteiger partial charge < -0.3 is 15.4 Å². The zero-order valence-electron chi connectivity index (χ0n) is 9.08. The number of carboxylic acids is 1. The van der Waals surface area contributed by atoms with Crippen molar-refractivity contribution in [3.63, 3.8) is 0 Å². The molecule has 1 aromatic heterocycles. The van der Waals surface area contributed by atoms with Gasteiger partial charge in [0.1, 0.15) is 11.8 Å². The van der Waals surface area contributed by atoms with Gasteiger partial charge in [-0.1, -0.05) is 0 Å². The Hall–Kier alpha value is -1.54. The van der Waals surface area contributed by atoms with Crippen LogP contribution in [-0.4, -0.2) is 39.3 Å². The summed E-state index contributed by atoms with van der Waals surface area (Å²) in [5, 5.41) is 8.51. The van der Waals surface area contributed by atoms with Gasteiger partial charge in [0.15, 0.2) is 0 Å². The summed E-state index contributed by atoms with van der Waals surface area (Å²) in [7, 11) is 0. The molecule has 0 amide bonds. The number of aryl methyl sites for hydroxylation is 1. The molecule has 1 rings (SSSR count). The Balaban J connectivity index is 2.48. The second-order valence-electron chi connectivity index (χ2n) is 3.33. The zero-order valence-corrected chi connectivity index (χ0v) is 9.90. The highest BCUT2D eigenvalue weighted by Gasteiger charge is 2.15. The second-order valence-corrected chi connectivity index (χ2v) is 4.36. The maximum absolute atomic E-state index is 11.5. The average Bonchev–Trinajstić information content (AvgIpc) is 2.57. The van der Waals surface area contributed by atoms with Crippen LogP contribution in [0.3, 0.4) is 0 Å². The number of nitrogens with zero attached hydrogens (tertiary/aromatic N) is 1. The van der Waals surface area contributed by atoms with Gasteiger partial charge in [-0.2, -0.15) is 0 Å². The maximum Gasteiger partial charge on any atom is 0.321 e. The van der Waals surface area contributed by atoms with Crippen LogP contribution in [0.5, 0.6) is 0 Å². The van der Waals surface area contributed by atoms with E-state index in [9.17, 15) is 14.4 Å². The van der Waals surface area contributed by atoms with Crippen molar-refractivity contribution in [1.82, 2.24) is 4.74 Å². The van der Waals surface area contributed by atoms with E-state index in [0.717, 1.165) is 11.8 Å². The Bertz CT molecular complexity index is 478. The Kier molecular flexibility index (Phi) is 4.53. The molecule has 7 nitrogen and oxygen atoms in total. The van der Waals surface area contributed by atoms with Crippen LogP contribution >= 0.6 is 11.8 Å². The van der Waals surface area contributed by atoms with Gasteiger partial charge in [0.2, 0.25) is 0 Å². The molecule has 3 N–H and O–H groups in total. The quantitative estimate of drug-likeness (QED) is 0.735. The monoisotopic (exact) mass is 260 g/mol. The number of hydrogen-bond donors (Lipinski definition) is 2. The molecule has 0 aliphatic rings. The number of nitrogens with two attached hydrogens (primary N) is 1. The van der Waals surface area contributed by atoms with Gasteiger partial charge in [-0.15, -0.1) is 16.5 Å². The summed E-state index contributed by atoms with van der Waals surface area (Å²) >= 11 is 1.04. The van der Waals surface area contributed by atoms with Crippen molar-refractivity contribution < 1.29 is 19.2 Å². The average molecular weight is 260 g/mol. The SMILES string of the molecule is Cc1cc(=O)n(C(=O)CSCC(N)C(=O)O)o1. The van der Waals surface area contributed by atoms with E-state index in [2.05, 4.69) is 0 Å². The molecule has 1 heterocycles. The van der Waals surface area contributed by atoms with Crippen LogP contribution in [0.2, 0.25) is 0 Å². The molecule has 0 spiro atoms. The summed E-state index contributed by atoms with van der Waals surface area (Å²) in [5.41, 5.74) is 4.72. The number of thioether (sulfide) groups is 1. The van der Waals surface area contributed by atoms with Crippen molar-refractivity contribution in [2.75, 3.05) is 11.5 Å². The van der Waals surface area contributed by atoms with E-state index in [1.165, 1.54) is 6.07 Å². The Labute approximate surface area is 101 Å². The van der Waals surface area contributed by atoms with Crippen molar-refractivity contribution in [1.29, 1.82) is 0 Å². The van der Waals surface area contributed by atoms with E-state index in [4.69, 9.17) is 15.4 Å². The van der Waals surface area contributed by atoms with Crippen molar-refractivity contribution in [3.05, 3.63) is 22.2 Å². The molecule has 1 aromatic rings. The van der Waals surface area contributed by atoms with Gasteiger partial charge in [-0.25, -0.2) is 0 Å². The summed E-state index contributed by atoms with van der Waals surface area (Å²) in [5.74, 6) is -1.29. The van der Waals surface area contributed by atoms with Crippen LogP contribution in [-0.2, 0) is 4.79 Å². The predicted molar refractivity (Wildman–Crippen MR) is 61.3 cm³/mol. The van der Waals surface area contributed by atoms with Gasteiger partial charge in [-0.3, -0.25) is 14.4 Å². The van der Waals surface area contributed by atoms with Gasteiger partial charge in [-0.05, 0) is 6.92 Å². The van der Waals surface area contributed by atoms with Crippen LogP contribution in [0.1, 0.15) is 10.6 Å². The molecular formula is C9H12N2O5S. The van der Waals surface area contributed by atoms with Crippen molar-refractivity contribution >= 4 is 23.6 Å². The molecule has 0 aliphatic heterocycles. The Morgan fingerprint density at radius 2 is 2.29 bits per heavy atom. The molecule has 8 heteroatoms. The summed E-state index contributed by atoms with van der Waals surface area (Å²) < 4.78 is 5.52. The summed E-state index contributed by atoms with van der Waals surface area (Å²) in [6, 6.07) is 0.175. The highest BCUT2D eigenvalue weighted by atomic mass is 32.2. The summed E-state index contributed by atoms with van der Waals surface area (Å²) in [4.78, 5) is 33.1. The number of aromatic nitrogens is 1. The Morgan fingerprint density at radius 1 is 1.65 bits per heavy atom. The second kappa shape index (κ2) is 5.69. The molecule has 94 valence electrons. The van der Waals surface area contributed by atoms with E-state index < -0.39 is 23.5 Å². The Morgan fingerprint density at radius 3 is 2.76 bits per heavy atom. The molecule has 0 aliphatic carbocycles. The molecule has 0 bridgehead atoms. The van der Waals surface area contributed by atoms with Crippen molar-refractivity contribution in [2.24, 2.45) is 5.73 Å². The molecule has 0 aromatic carbocycles. The number of aliphatic carboxylic acids is 1. The van der Waals surface area contributed by atoms with Crippen LogP contribution in [0.4, 0.5) is 0 Å². The molecule has 17 heavy (non-hydrogen) atoms. The van der Waals surface area contributed by atoms with E-state index >= 15 is 0 Å². The van der Waals surface area contributed by atoms with E-state index in [1.54, 1.807) is 6.92 Å². The first-order valence-electron chi connectivity index (χ1n) is 4.71. The van der Waals surface area contributed by atoms with Crippen LogP contribution < -0.4 is 11.3 Å². The summed E-state index contributed by atoms with van der Waals surface area (Å²) in [6.07, 6.45) is 0. The molecule has 1 unspecified atom stereocenters. The third-order valence-electron chi connectivity index (χ3n) is 1.83. The third-order valence-corrected chi connectivity index (χ3v) is 2.87. The third kappa shape index (κ3) is 3.75. The molecule has 0 fully saturated rings. The first-order valence-corrected chi connectivity index (χ1v) is 5.86. The van der Waals surface area contributed by atoms with E-state index in [1.807, 2.05) is 0 Å². The van der Waals surface area contributed by atoms with Gasteiger partial charge in [0.25, 0.3) is 11.5 Å². The standard InChI is InChI=1S/C9H12N2O5S/c1-5-2-7(12)11(16-5)8(13)4-17-3-6(10)9(14)15/h2,6H,3-4,10H2,1H3,(H,14,15). The molecule has 1 atom stereocenters. The predicted octanol–water partition coefficient (Wildman–Crippen LogP) is -0.465. The first-order chi connectivity index (χ1) is 7.91. The lowest BCUT2D eigenvalue weighted by Crippen LogP contribution is -2.33. The lowest BCUT2D eigenvalue weighted by molar-refractivity contribution is -0.137. The lowest BCUT2D eigenvalue weighted by Gasteiger charge is -2.04. The van der Waals surface area contributed by atoms with Crippen LogP contribution in [0.15, 0.2) is 15.4 Å². The largest absolute Gasteiger partial charge is 0.480 e. The molecule has 0 saturated carbocycles. The number of carboxylic acid groups (broad SMARTS) is 1. The van der Waals surface area contributed by atoms with Crippen LogP contribution in [0.25, 0.3) is 0 Å². The van der Waals surface area contributed by atoms with Crippen molar-refractivity contribution in [2.45, 2.75) is 13.0 Å².